The molecule has 39 heavy (non-hydrogen) atoms. The summed E-state index contributed by atoms with van der Waals surface area (Å²) in [6.07, 6.45) is 0. The van der Waals surface area contributed by atoms with Gasteiger partial charge in [0.05, 0.1) is 27.3 Å². The summed E-state index contributed by atoms with van der Waals surface area (Å²) in [7, 11) is 0.755. The molecule has 2 aromatic carbocycles. The first kappa shape index (κ1) is 30.0. The molecule has 0 aromatic heterocycles. The van der Waals surface area contributed by atoms with Crippen molar-refractivity contribution in [1.82, 2.24) is 14.5 Å². The molecule has 4 atom stereocenters. The maximum Gasteiger partial charge on any atom is 0.227 e. The molecular weight excluding hydrogens is 535 g/mol. The minimum atomic E-state index is -1.30. The van der Waals surface area contributed by atoms with Gasteiger partial charge < -0.3 is 14.7 Å². The van der Waals surface area contributed by atoms with Crippen LogP contribution in [-0.4, -0.2) is 71.0 Å². The van der Waals surface area contributed by atoms with E-state index in [1.165, 1.54) is 6.07 Å². The number of hydrogen-bond donors (Lipinski definition) is 1. The summed E-state index contributed by atoms with van der Waals surface area (Å²) in [6, 6.07) is 12.7. The van der Waals surface area contributed by atoms with Gasteiger partial charge in [0.15, 0.2) is 0 Å². The number of para-hydroxylation sites is 1. The van der Waals surface area contributed by atoms with Crippen LogP contribution in [0.3, 0.4) is 0 Å². The number of halogens is 2. The van der Waals surface area contributed by atoms with E-state index in [1.807, 2.05) is 60.9 Å². The average molecular weight is 577 g/mol. The summed E-state index contributed by atoms with van der Waals surface area (Å²) in [4.78, 5) is 19.9. The second kappa shape index (κ2) is 12.2. The second-order valence-electron chi connectivity index (χ2n) is 12.2. The van der Waals surface area contributed by atoms with Gasteiger partial charge in [-0.1, -0.05) is 49.7 Å². The molecule has 0 saturated carbocycles. The fourth-order valence-corrected chi connectivity index (χ4v) is 6.76. The molecule has 214 valence electrons. The first-order chi connectivity index (χ1) is 18.4. The normalized spacial score (nSPS) is 22.4. The smallest absolute Gasteiger partial charge is 0.227 e. The number of rotatable bonds is 7. The molecule has 2 fully saturated rings. The summed E-state index contributed by atoms with van der Waals surface area (Å²) in [5, 5.41) is 0.691. The molecule has 6 nitrogen and oxygen atoms in total. The number of likely N-dealkylation sites (N-methyl/N-ethyl adjacent to an activating group) is 1. The Balaban J connectivity index is 1.50. The largest absolute Gasteiger partial charge is 0.365 e. The first-order valence-electron chi connectivity index (χ1n) is 13.8. The highest BCUT2D eigenvalue weighted by Crippen LogP contribution is 2.36. The Kier molecular flexibility index (Phi) is 9.41. The maximum atomic E-state index is 15.4. The first-order valence-corrected chi connectivity index (χ1v) is 15.3. The Hall–Kier alpha value is -2.00. The van der Waals surface area contributed by atoms with Crippen LogP contribution >= 0.6 is 11.6 Å². The Morgan fingerprint density at radius 3 is 2.28 bits per heavy atom. The van der Waals surface area contributed by atoms with Crippen LogP contribution in [0.2, 0.25) is 5.02 Å². The van der Waals surface area contributed by atoms with Crippen molar-refractivity contribution in [2.45, 2.75) is 51.3 Å². The van der Waals surface area contributed by atoms with E-state index in [-0.39, 0.29) is 35.5 Å². The minimum Gasteiger partial charge on any atom is -0.365 e. The molecule has 2 aliphatic rings. The van der Waals surface area contributed by atoms with E-state index in [1.54, 1.807) is 6.07 Å². The van der Waals surface area contributed by atoms with Crippen molar-refractivity contribution in [3.8, 4) is 0 Å². The third-order valence-electron chi connectivity index (χ3n) is 7.84. The number of benzene rings is 2. The van der Waals surface area contributed by atoms with Gasteiger partial charge in [0, 0.05) is 56.3 Å². The maximum absolute atomic E-state index is 15.4. The number of amides is 1. The number of anilines is 1. The molecule has 2 saturated heterocycles. The number of hydrogen-bond acceptors (Lipinski definition) is 4. The number of likely N-dealkylation sites (tertiary alicyclic amines) is 1. The van der Waals surface area contributed by atoms with Crippen LogP contribution in [0.5, 0.6) is 0 Å². The van der Waals surface area contributed by atoms with E-state index < -0.39 is 15.7 Å². The van der Waals surface area contributed by atoms with Crippen molar-refractivity contribution in [2.75, 3.05) is 51.2 Å². The van der Waals surface area contributed by atoms with Gasteiger partial charge in [-0.15, -0.1) is 0 Å². The van der Waals surface area contributed by atoms with Crippen molar-refractivity contribution in [1.29, 1.82) is 0 Å². The molecule has 1 N–H and O–H groups in total. The predicted molar refractivity (Wildman–Crippen MR) is 159 cm³/mol. The molecule has 0 radical (unpaired) electrons. The van der Waals surface area contributed by atoms with Crippen LogP contribution in [0, 0.1) is 17.7 Å². The van der Waals surface area contributed by atoms with Crippen LogP contribution in [0.1, 0.15) is 57.7 Å². The summed E-state index contributed by atoms with van der Waals surface area (Å²) in [6.45, 7) is 13.6. The van der Waals surface area contributed by atoms with Crippen molar-refractivity contribution in [3.05, 3.63) is 64.4 Å². The van der Waals surface area contributed by atoms with Gasteiger partial charge in [-0.2, -0.15) is 0 Å². The van der Waals surface area contributed by atoms with Crippen molar-refractivity contribution in [3.63, 3.8) is 0 Å². The van der Waals surface area contributed by atoms with Gasteiger partial charge in [-0.25, -0.2) is 13.3 Å². The number of carbonyl (C=O) groups is 1. The Morgan fingerprint density at radius 1 is 1.05 bits per heavy atom. The fourth-order valence-electron chi connectivity index (χ4n) is 5.65. The molecule has 2 aromatic rings. The zero-order valence-electron chi connectivity index (χ0n) is 23.9. The van der Waals surface area contributed by atoms with Crippen molar-refractivity contribution < 1.29 is 13.4 Å². The summed E-state index contributed by atoms with van der Waals surface area (Å²) >= 11 is 6.10. The average Bonchev–Trinajstić information content (AvgIpc) is 3.28. The quantitative estimate of drug-likeness (QED) is 0.491. The number of piperazine rings is 1. The lowest BCUT2D eigenvalue weighted by atomic mass is 9.88. The highest BCUT2D eigenvalue weighted by atomic mass is 35.5. The molecule has 2 aliphatic heterocycles. The van der Waals surface area contributed by atoms with Crippen LogP contribution in [0.15, 0.2) is 42.5 Å². The Morgan fingerprint density at radius 2 is 1.69 bits per heavy atom. The summed E-state index contributed by atoms with van der Waals surface area (Å²) in [5.74, 6) is -0.0217. The van der Waals surface area contributed by atoms with Crippen molar-refractivity contribution in [2.24, 2.45) is 11.8 Å². The third kappa shape index (κ3) is 6.84. The molecule has 9 heteroatoms. The number of nitrogens with zero attached hydrogens (tertiary/aromatic N) is 3. The topological polar surface area (TPSA) is 55.9 Å². The molecule has 0 spiro atoms. The van der Waals surface area contributed by atoms with Gasteiger partial charge >= 0.3 is 0 Å². The monoisotopic (exact) mass is 576 g/mol. The lowest BCUT2D eigenvalue weighted by molar-refractivity contribution is -0.135. The molecule has 2 heterocycles. The van der Waals surface area contributed by atoms with Gasteiger partial charge in [0.1, 0.15) is 5.82 Å². The van der Waals surface area contributed by atoms with Crippen LogP contribution in [0.4, 0.5) is 10.1 Å². The van der Waals surface area contributed by atoms with Crippen LogP contribution < -0.4 is 9.62 Å². The molecular formula is C30H42ClFN4O2S. The van der Waals surface area contributed by atoms with E-state index in [9.17, 15) is 9.00 Å². The van der Waals surface area contributed by atoms with E-state index in [0.717, 1.165) is 24.2 Å². The van der Waals surface area contributed by atoms with Crippen LogP contribution in [-0.2, 0) is 15.8 Å². The van der Waals surface area contributed by atoms with Gasteiger partial charge in [0.2, 0.25) is 5.91 Å². The molecule has 0 aliphatic carbocycles. The Labute approximate surface area is 240 Å². The van der Waals surface area contributed by atoms with E-state index in [2.05, 4.69) is 30.5 Å². The molecule has 3 unspecified atom stereocenters. The number of nitrogens with one attached hydrogen (secondary N) is 1. The van der Waals surface area contributed by atoms with E-state index >= 15 is 4.39 Å². The van der Waals surface area contributed by atoms with Gasteiger partial charge in [-0.05, 0) is 63.1 Å². The highest BCUT2D eigenvalue weighted by molar-refractivity contribution is 7.84. The second-order valence-corrected chi connectivity index (χ2v) is 14.6. The summed E-state index contributed by atoms with van der Waals surface area (Å²) < 4.78 is 31.2. The van der Waals surface area contributed by atoms with Gasteiger partial charge in [0.25, 0.3) is 0 Å². The zero-order chi connectivity index (χ0) is 28.5. The summed E-state index contributed by atoms with van der Waals surface area (Å²) in [5.41, 5.74) is 2.49. The van der Waals surface area contributed by atoms with Crippen LogP contribution in [0.25, 0.3) is 0 Å². The molecule has 1 amide bonds. The SMILES string of the molecule is CC(C)[C@H](NS(=O)C(C)(C)C)c1cccc(F)c1N1CCN(C(=O)C2CN(C)CC2c2ccc(Cl)cc2)CC1. The Bertz CT molecular complexity index is 1180. The third-order valence-corrected chi connectivity index (χ3v) is 9.67. The zero-order valence-corrected chi connectivity index (χ0v) is 25.5. The predicted octanol–water partition coefficient (Wildman–Crippen LogP) is 5.22. The van der Waals surface area contributed by atoms with E-state index in [4.69, 9.17) is 11.6 Å². The standard InChI is InChI=1S/C30H42ClFN4O2S/c1-20(2)27(33-39(38)30(3,4)5)23-8-7-9-26(32)28(23)35-14-16-36(17-15-35)29(37)25-19-34(6)18-24(25)21-10-12-22(31)13-11-21/h7-13,20,24-25,27,33H,14-19H2,1-6H3/t24?,25?,27-,39?/m0/s1. The fraction of sp³-hybridized carbons (Fsp3) is 0.567. The lowest BCUT2D eigenvalue weighted by Crippen LogP contribution is -2.51. The highest BCUT2D eigenvalue weighted by Gasteiger charge is 2.40. The van der Waals surface area contributed by atoms with Gasteiger partial charge in [-0.3, -0.25) is 4.79 Å². The van der Waals surface area contributed by atoms with Crippen molar-refractivity contribution >= 4 is 34.2 Å². The molecule has 4 rings (SSSR count). The van der Waals surface area contributed by atoms with E-state index in [0.29, 0.717) is 36.9 Å². The minimum absolute atomic E-state index is 0.101. The number of carbonyl (C=O) groups excluding carboxylic acids is 1. The lowest BCUT2D eigenvalue weighted by Gasteiger charge is -2.39. The molecule has 0 bridgehead atoms.